The van der Waals surface area contributed by atoms with Gasteiger partial charge in [0.1, 0.15) is 0 Å². The maximum Gasteiger partial charge on any atom is 0.262 e. The second-order valence-electron chi connectivity index (χ2n) is 5.18. The van der Waals surface area contributed by atoms with E-state index < -0.39 is 30.8 Å². The van der Waals surface area contributed by atoms with Crippen LogP contribution in [-0.4, -0.2) is 80.0 Å². The fourth-order valence-electron chi connectivity index (χ4n) is 2.35. The highest BCUT2D eigenvalue weighted by atomic mass is 35.5. The molecule has 0 aromatic carbocycles. The maximum atomic E-state index is 13.0. The van der Waals surface area contributed by atoms with Crippen LogP contribution < -0.4 is 5.32 Å². The Bertz CT molecular complexity index is 392. The number of likely N-dealkylation sites (N-methyl/N-ethyl adjacent to an activating group) is 1. The molecule has 0 radical (unpaired) electrons. The molecule has 0 aliphatic carbocycles. The Hall–Kier alpha value is -0.990. The van der Waals surface area contributed by atoms with Crippen LogP contribution in [-0.2, 0) is 14.3 Å². The van der Waals surface area contributed by atoms with Crippen LogP contribution in [0.4, 0.5) is 8.78 Å². The Kier molecular flexibility index (Phi) is 6.30. The summed E-state index contributed by atoms with van der Waals surface area (Å²) in [6.45, 7) is 1.39. The average Bonchev–Trinajstić information content (AvgIpc) is 2.79. The Labute approximate surface area is 128 Å². The SMILES string of the molecule is CN(CC(=O)N1CCOCC1)C(=O)C1CC(F)(F)CN1.Cl. The van der Waals surface area contributed by atoms with Crippen LogP contribution in [0.3, 0.4) is 0 Å². The second kappa shape index (κ2) is 7.33. The number of hydrogen-bond donors (Lipinski definition) is 1. The number of carbonyl (C=O) groups excluding carboxylic acids is 2. The standard InChI is InChI=1S/C12H19F2N3O3.ClH/c1-16(7-10(18)17-2-4-20-5-3-17)11(19)9-6-12(13,14)8-15-9;/h9,15H,2-8H2,1H3;1H. The number of nitrogens with zero attached hydrogens (tertiary/aromatic N) is 2. The van der Waals surface area contributed by atoms with Crippen molar-refractivity contribution in [2.45, 2.75) is 18.4 Å². The van der Waals surface area contributed by atoms with Crippen LogP contribution in [0.1, 0.15) is 6.42 Å². The highest BCUT2D eigenvalue weighted by Gasteiger charge is 2.43. The molecule has 2 rings (SSSR count). The molecule has 1 N–H and O–H groups in total. The van der Waals surface area contributed by atoms with Gasteiger partial charge in [-0.1, -0.05) is 0 Å². The lowest BCUT2D eigenvalue weighted by molar-refractivity contribution is -0.142. The first kappa shape index (κ1) is 18.1. The van der Waals surface area contributed by atoms with E-state index in [-0.39, 0.29) is 24.9 Å². The first-order chi connectivity index (χ1) is 9.39. The van der Waals surface area contributed by atoms with Crippen molar-refractivity contribution < 1.29 is 23.1 Å². The summed E-state index contributed by atoms with van der Waals surface area (Å²) in [5.41, 5.74) is 0. The molecule has 2 heterocycles. The van der Waals surface area contributed by atoms with E-state index in [1.807, 2.05) is 0 Å². The summed E-state index contributed by atoms with van der Waals surface area (Å²) in [5.74, 6) is -3.51. The molecule has 2 aliphatic heterocycles. The van der Waals surface area contributed by atoms with Gasteiger partial charge in [-0.25, -0.2) is 8.78 Å². The van der Waals surface area contributed by atoms with Crippen molar-refractivity contribution in [1.82, 2.24) is 15.1 Å². The van der Waals surface area contributed by atoms with Crippen LogP contribution in [0.15, 0.2) is 0 Å². The highest BCUT2D eigenvalue weighted by Crippen LogP contribution is 2.25. The van der Waals surface area contributed by atoms with Gasteiger partial charge in [-0.05, 0) is 0 Å². The van der Waals surface area contributed by atoms with Gasteiger partial charge in [-0.3, -0.25) is 14.9 Å². The maximum absolute atomic E-state index is 13.0. The first-order valence-corrected chi connectivity index (χ1v) is 6.61. The number of hydrogen-bond acceptors (Lipinski definition) is 4. The number of amides is 2. The molecule has 122 valence electrons. The number of alkyl halides is 2. The smallest absolute Gasteiger partial charge is 0.262 e. The van der Waals surface area contributed by atoms with E-state index >= 15 is 0 Å². The third-order valence-electron chi connectivity index (χ3n) is 3.52. The molecule has 6 nitrogen and oxygen atoms in total. The van der Waals surface area contributed by atoms with Gasteiger partial charge in [-0.2, -0.15) is 0 Å². The summed E-state index contributed by atoms with van der Waals surface area (Å²) in [4.78, 5) is 26.8. The van der Waals surface area contributed by atoms with Crippen molar-refractivity contribution in [3.8, 4) is 0 Å². The fraction of sp³-hybridized carbons (Fsp3) is 0.833. The first-order valence-electron chi connectivity index (χ1n) is 6.61. The normalized spacial score (nSPS) is 24.3. The lowest BCUT2D eigenvalue weighted by Gasteiger charge is -2.29. The number of morpholine rings is 1. The van der Waals surface area contributed by atoms with Gasteiger partial charge < -0.3 is 14.5 Å². The zero-order valence-corrected chi connectivity index (χ0v) is 12.6. The van der Waals surface area contributed by atoms with Gasteiger partial charge in [0.05, 0.1) is 32.3 Å². The van der Waals surface area contributed by atoms with E-state index in [0.29, 0.717) is 26.3 Å². The van der Waals surface area contributed by atoms with Gasteiger partial charge in [0, 0.05) is 26.6 Å². The minimum atomic E-state index is -2.85. The molecular weight excluding hydrogens is 308 g/mol. The molecule has 1 unspecified atom stereocenters. The molecule has 0 aromatic heterocycles. The molecule has 9 heteroatoms. The largest absolute Gasteiger partial charge is 0.378 e. The molecule has 0 spiro atoms. The number of carbonyl (C=O) groups is 2. The van der Waals surface area contributed by atoms with E-state index in [0.717, 1.165) is 0 Å². The van der Waals surface area contributed by atoms with Crippen LogP contribution in [0, 0.1) is 0 Å². The number of nitrogens with one attached hydrogen (secondary N) is 1. The van der Waals surface area contributed by atoms with Crippen LogP contribution in [0.5, 0.6) is 0 Å². The number of ether oxygens (including phenoxy) is 1. The van der Waals surface area contributed by atoms with E-state index in [1.54, 1.807) is 4.90 Å². The molecule has 0 saturated carbocycles. The Balaban J connectivity index is 0.00000220. The zero-order chi connectivity index (χ0) is 14.8. The van der Waals surface area contributed by atoms with Crippen molar-refractivity contribution in [2.24, 2.45) is 0 Å². The summed E-state index contributed by atoms with van der Waals surface area (Å²) in [5, 5.41) is 2.49. The fourth-order valence-corrected chi connectivity index (χ4v) is 2.35. The summed E-state index contributed by atoms with van der Waals surface area (Å²) in [6, 6.07) is -0.910. The topological polar surface area (TPSA) is 61.9 Å². The summed E-state index contributed by atoms with van der Waals surface area (Å²) >= 11 is 0. The van der Waals surface area contributed by atoms with Crippen molar-refractivity contribution >= 4 is 24.2 Å². The molecule has 2 amide bonds. The van der Waals surface area contributed by atoms with Crippen molar-refractivity contribution in [3.63, 3.8) is 0 Å². The monoisotopic (exact) mass is 327 g/mol. The van der Waals surface area contributed by atoms with Crippen LogP contribution >= 0.6 is 12.4 Å². The van der Waals surface area contributed by atoms with E-state index in [2.05, 4.69) is 5.32 Å². The minimum absolute atomic E-state index is 0. The van der Waals surface area contributed by atoms with Gasteiger partial charge >= 0.3 is 0 Å². The van der Waals surface area contributed by atoms with Crippen LogP contribution in [0.2, 0.25) is 0 Å². The van der Waals surface area contributed by atoms with E-state index in [9.17, 15) is 18.4 Å². The second-order valence-corrected chi connectivity index (χ2v) is 5.18. The van der Waals surface area contributed by atoms with Crippen LogP contribution in [0.25, 0.3) is 0 Å². The van der Waals surface area contributed by atoms with Crippen molar-refractivity contribution in [1.29, 1.82) is 0 Å². The zero-order valence-electron chi connectivity index (χ0n) is 11.8. The predicted molar refractivity (Wildman–Crippen MR) is 73.6 cm³/mol. The third kappa shape index (κ3) is 4.76. The number of rotatable bonds is 3. The number of halogens is 3. The highest BCUT2D eigenvalue weighted by molar-refractivity contribution is 5.87. The quantitative estimate of drug-likeness (QED) is 0.775. The lowest BCUT2D eigenvalue weighted by Crippen LogP contribution is -2.49. The summed E-state index contributed by atoms with van der Waals surface area (Å²) in [6.07, 6.45) is -0.512. The Morgan fingerprint density at radius 3 is 2.52 bits per heavy atom. The average molecular weight is 328 g/mol. The third-order valence-corrected chi connectivity index (χ3v) is 3.52. The minimum Gasteiger partial charge on any atom is -0.378 e. The van der Waals surface area contributed by atoms with Crippen molar-refractivity contribution in [2.75, 3.05) is 46.4 Å². The van der Waals surface area contributed by atoms with Gasteiger partial charge in [-0.15, -0.1) is 12.4 Å². The molecule has 2 fully saturated rings. The van der Waals surface area contributed by atoms with Crippen molar-refractivity contribution in [3.05, 3.63) is 0 Å². The summed E-state index contributed by atoms with van der Waals surface area (Å²) < 4.78 is 31.2. The lowest BCUT2D eigenvalue weighted by atomic mass is 10.1. The molecule has 2 aliphatic rings. The molecular formula is C12H20ClF2N3O3. The predicted octanol–water partition coefficient (Wildman–Crippen LogP) is -0.277. The van der Waals surface area contributed by atoms with Gasteiger partial charge in [0.2, 0.25) is 11.8 Å². The molecule has 21 heavy (non-hydrogen) atoms. The van der Waals surface area contributed by atoms with Gasteiger partial charge in [0.15, 0.2) is 0 Å². The molecule has 0 bridgehead atoms. The molecule has 0 aromatic rings. The Morgan fingerprint density at radius 1 is 1.38 bits per heavy atom. The van der Waals surface area contributed by atoms with Gasteiger partial charge in [0.25, 0.3) is 5.92 Å². The molecule has 2 saturated heterocycles. The Morgan fingerprint density at radius 2 is 2.00 bits per heavy atom. The summed E-state index contributed by atoms with van der Waals surface area (Å²) in [7, 11) is 1.46. The molecule has 1 atom stereocenters. The van der Waals surface area contributed by atoms with E-state index in [4.69, 9.17) is 4.74 Å². The van der Waals surface area contributed by atoms with E-state index in [1.165, 1.54) is 11.9 Å².